The minimum atomic E-state index is -3.05. The van der Waals surface area contributed by atoms with Crippen LogP contribution in [-0.4, -0.2) is 21.4 Å². The largest absolute Gasteiger partial charge is 0.432 e. The second-order valence-corrected chi connectivity index (χ2v) is 5.32. The monoisotopic (exact) mass is 348 g/mol. The van der Waals surface area contributed by atoms with Crippen molar-refractivity contribution in [2.75, 3.05) is 5.32 Å². The van der Waals surface area contributed by atoms with Crippen molar-refractivity contribution in [1.82, 2.24) is 14.8 Å². The van der Waals surface area contributed by atoms with Gasteiger partial charge >= 0.3 is 6.61 Å². The van der Waals surface area contributed by atoms with Gasteiger partial charge in [0.2, 0.25) is 0 Å². The molecule has 0 fully saturated rings. The second kappa shape index (κ2) is 7.25. The molecule has 5 nitrogen and oxygen atoms in total. The molecule has 0 radical (unpaired) electrons. The maximum Gasteiger partial charge on any atom is 0.387 e. The van der Waals surface area contributed by atoms with Crippen molar-refractivity contribution in [1.29, 1.82) is 0 Å². The van der Waals surface area contributed by atoms with Crippen LogP contribution < -0.4 is 10.1 Å². The number of nitrogens with one attached hydrogen (secondary N) is 1. The van der Waals surface area contributed by atoms with Gasteiger partial charge in [-0.05, 0) is 42.0 Å². The summed E-state index contributed by atoms with van der Waals surface area (Å²) in [6, 6.07) is 11.3. The van der Waals surface area contributed by atoms with Gasteiger partial charge in [-0.2, -0.15) is 13.9 Å². The molecule has 1 heterocycles. The summed E-state index contributed by atoms with van der Waals surface area (Å²) in [6.45, 7) is -2.71. The summed E-state index contributed by atoms with van der Waals surface area (Å²) in [5.41, 5.74) is 2.31. The average molecular weight is 348 g/mol. The molecule has 2 aromatic carbocycles. The van der Waals surface area contributed by atoms with E-state index in [1.807, 2.05) is 24.3 Å². The van der Waals surface area contributed by atoms with E-state index in [1.165, 1.54) is 12.1 Å². The third-order valence-corrected chi connectivity index (χ3v) is 3.45. The lowest BCUT2D eigenvalue weighted by Gasteiger charge is -2.09. The normalized spacial score (nSPS) is 10.9. The molecule has 3 aromatic rings. The van der Waals surface area contributed by atoms with Crippen molar-refractivity contribution in [2.45, 2.75) is 13.2 Å². The minimum absolute atomic E-state index is 0.340. The Morgan fingerprint density at radius 1 is 1.16 bits per heavy atom. The van der Waals surface area contributed by atoms with Crippen LogP contribution in [0.4, 0.5) is 18.9 Å². The molecule has 0 aliphatic rings. The van der Waals surface area contributed by atoms with Gasteiger partial charge in [-0.15, -0.1) is 0 Å². The van der Waals surface area contributed by atoms with Crippen LogP contribution in [0, 0.1) is 5.82 Å². The van der Waals surface area contributed by atoms with E-state index in [0.29, 0.717) is 17.9 Å². The number of ether oxygens (including phenoxy) is 1. The van der Waals surface area contributed by atoms with Crippen molar-refractivity contribution in [3.8, 4) is 17.1 Å². The lowest BCUT2D eigenvalue weighted by molar-refractivity contribution is -0.0522. The zero-order chi connectivity index (χ0) is 17.8. The summed E-state index contributed by atoms with van der Waals surface area (Å²) < 4.78 is 43.6. The first-order chi connectivity index (χ1) is 12.0. The molecule has 0 saturated heterocycles. The minimum Gasteiger partial charge on any atom is -0.432 e. The van der Waals surface area contributed by atoms with Crippen LogP contribution in [0.25, 0.3) is 11.4 Å². The number of rotatable bonds is 6. The highest BCUT2D eigenvalue weighted by atomic mass is 19.3. The third kappa shape index (κ3) is 4.28. The predicted octanol–water partition coefficient (Wildman–Crippen LogP) is 3.83. The summed E-state index contributed by atoms with van der Waals surface area (Å²) in [5, 5.41) is 7.35. The summed E-state index contributed by atoms with van der Waals surface area (Å²) in [5.74, 6) is -0.659. The maximum absolute atomic E-state index is 13.7. The van der Waals surface area contributed by atoms with E-state index in [1.54, 1.807) is 18.1 Å². The highest BCUT2D eigenvalue weighted by Crippen LogP contribution is 2.22. The van der Waals surface area contributed by atoms with E-state index in [-0.39, 0.29) is 0 Å². The molecular formula is C17H15F3N4O. The van der Waals surface area contributed by atoms with E-state index in [9.17, 15) is 13.2 Å². The molecule has 0 bridgehead atoms. The van der Waals surface area contributed by atoms with Gasteiger partial charge in [-0.3, -0.25) is 4.68 Å². The van der Waals surface area contributed by atoms with Crippen molar-refractivity contribution in [3.05, 3.63) is 60.2 Å². The van der Waals surface area contributed by atoms with Crippen LogP contribution in [0.3, 0.4) is 0 Å². The molecular weight excluding hydrogens is 333 g/mol. The Balaban J connectivity index is 1.62. The Labute approximate surface area is 142 Å². The molecule has 130 valence electrons. The molecule has 0 atom stereocenters. The van der Waals surface area contributed by atoms with Gasteiger partial charge < -0.3 is 10.1 Å². The Morgan fingerprint density at radius 3 is 2.52 bits per heavy atom. The Hall–Kier alpha value is -3.03. The Kier molecular flexibility index (Phi) is 4.87. The fourth-order valence-corrected chi connectivity index (χ4v) is 2.26. The van der Waals surface area contributed by atoms with Crippen LogP contribution in [0.1, 0.15) is 5.56 Å². The number of aryl methyl sites for hydroxylation is 1. The lowest BCUT2D eigenvalue weighted by Crippen LogP contribution is -2.05. The Bertz CT molecular complexity index is 849. The Morgan fingerprint density at radius 2 is 1.92 bits per heavy atom. The van der Waals surface area contributed by atoms with Gasteiger partial charge in [0.05, 0.1) is 0 Å². The van der Waals surface area contributed by atoms with Gasteiger partial charge in [-0.1, -0.05) is 6.07 Å². The lowest BCUT2D eigenvalue weighted by atomic mass is 10.1. The number of halogens is 3. The zero-order valence-electron chi connectivity index (χ0n) is 13.3. The van der Waals surface area contributed by atoms with Crippen LogP contribution in [-0.2, 0) is 13.6 Å². The maximum atomic E-state index is 13.7. The highest BCUT2D eigenvalue weighted by molar-refractivity contribution is 5.59. The molecule has 0 aliphatic carbocycles. The summed E-state index contributed by atoms with van der Waals surface area (Å²) in [7, 11) is 1.79. The molecule has 0 aliphatic heterocycles. The number of benzene rings is 2. The van der Waals surface area contributed by atoms with Crippen LogP contribution in [0.15, 0.2) is 48.8 Å². The van der Waals surface area contributed by atoms with Gasteiger partial charge in [-0.25, -0.2) is 9.37 Å². The molecule has 0 saturated carbocycles. The van der Waals surface area contributed by atoms with Gasteiger partial charge in [0, 0.05) is 24.8 Å². The SMILES string of the molecule is Cn1cnc(-c2ccc(NCc3ccc(OC(F)F)c(F)c3)cc2)n1. The molecule has 1 N–H and O–H groups in total. The second-order valence-electron chi connectivity index (χ2n) is 5.32. The molecule has 8 heteroatoms. The fourth-order valence-electron chi connectivity index (χ4n) is 2.26. The number of alkyl halides is 2. The van der Waals surface area contributed by atoms with E-state index >= 15 is 0 Å². The molecule has 1 aromatic heterocycles. The molecule has 0 spiro atoms. The predicted molar refractivity (Wildman–Crippen MR) is 86.8 cm³/mol. The number of hydrogen-bond donors (Lipinski definition) is 1. The standard InChI is InChI=1S/C17H15F3N4O/c1-24-10-22-16(23-24)12-3-5-13(6-4-12)21-9-11-2-7-15(14(18)8-11)25-17(19)20/h2-8,10,17,21H,9H2,1H3. The van der Waals surface area contributed by atoms with E-state index < -0.39 is 18.2 Å². The smallest absolute Gasteiger partial charge is 0.387 e. The van der Waals surface area contributed by atoms with Crippen molar-refractivity contribution in [3.63, 3.8) is 0 Å². The number of anilines is 1. The van der Waals surface area contributed by atoms with Crippen LogP contribution in [0.5, 0.6) is 5.75 Å². The fraction of sp³-hybridized carbons (Fsp3) is 0.176. The number of aromatic nitrogens is 3. The molecule has 25 heavy (non-hydrogen) atoms. The van der Waals surface area contributed by atoms with E-state index in [4.69, 9.17) is 0 Å². The van der Waals surface area contributed by atoms with Crippen molar-refractivity contribution >= 4 is 5.69 Å². The summed E-state index contributed by atoms with van der Waals surface area (Å²) in [6.07, 6.45) is 1.62. The molecule has 3 rings (SSSR count). The van der Waals surface area contributed by atoms with Gasteiger partial charge in [0.15, 0.2) is 17.4 Å². The van der Waals surface area contributed by atoms with E-state index in [2.05, 4.69) is 20.1 Å². The topological polar surface area (TPSA) is 52.0 Å². The quantitative estimate of drug-likeness (QED) is 0.735. The number of nitrogens with zero attached hydrogens (tertiary/aromatic N) is 3. The first-order valence-electron chi connectivity index (χ1n) is 7.44. The highest BCUT2D eigenvalue weighted by Gasteiger charge is 2.10. The zero-order valence-corrected chi connectivity index (χ0v) is 13.3. The summed E-state index contributed by atoms with van der Waals surface area (Å²) in [4.78, 5) is 4.17. The first kappa shape index (κ1) is 16.8. The molecule has 0 unspecified atom stereocenters. The average Bonchev–Trinajstić information content (AvgIpc) is 3.02. The van der Waals surface area contributed by atoms with Gasteiger partial charge in [0.25, 0.3) is 0 Å². The van der Waals surface area contributed by atoms with Crippen LogP contribution >= 0.6 is 0 Å². The van der Waals surface area contributed by atoms with Crippen LogP contribution in [0.2, 0.25) is 0 Å². The van der Waals surface area contributed by atoms with Gasteiger partial charge in [0.1, 0.15) is 6.33 Å². The summed E-state index contributed by atoms with van der Waals surface area (Å²) >= 11 is 0. The first-order valence-corrected chi connectivity index (χ1v) is 7.44. The van der Waals surface area contributed by atoms with Crippen molar-refractivity contribution < 1.29 is 17.9 Å². The van der Waals surface area contributed by atoms with E-state index in [0.717, 1.165) is 17.3 Å². The number of hydrogen-bond acceptors (Lipinski definition) is 4. The molecule has 0 amide bonds. The van der Waals surface area contributed by atoms with Crippen molar-refractivity contribution in [2.24, 2.45) is 7.05 Å². The third-order valence-electron chi connectivity index (χ3n) is 3.45.